The third-order valence-corrected chi connectivity index (χ3v) is 3.01. The molecule has 0 aliphatic carbocycles. The van der Waals surface area contributed by atoms with Crippen LogP contribution >= 0.6 is 11.6 Å². The summed E-state index contributed by atoms with van der Waals surface area (Å²) in [6.45, 7) is 0. The van der Waals surface area contributed by atoms with Gasteiger partial charge < -0.3 is 9.52 Å². The fraction of sp³-hybridized carbons (Fsp3) is 0.0714. The molecule has 1 unspecified atom stereocenters. The number of rotatable bonds is 3. The van der Waals surface area contributed by atoms with E-state index in [0.29, 0.717) is 11.3 Å². The predicted octanol–water partition coefficient (Wildman–Crippen LogP) is 3.20. The lowest BCUT2D eigenvalue weighted by Crippen LogP contribution is -1.97. The Labute approximate surface area is 114 Å². The van der Waals surface area contributed by atoms with Gasteiger partial charge in [0, 0.05) is 11.8 Å². The van der Waals surface area contributed by atoms with E-state index in [1.165, 1.54) is 0 Å². The Morgan fingerprint density at radius 1 is 1.16 bits per heavy atom. The number of nitrogens with zero attached hydrogens (tertiary/aromatic N) is 2. The standard InChI is InChI=1S/C14H11ClN2O2/c15-13-7-6-12(19-13)14(18)10-8-16-17(9-10)11-4-2-1-3-5-11/h1-9,14,18H. The highest BCUT2D eigenvalue weighted by Crippen LogP contribution is 2.25. The number of halogens is 1. The van der Waals surface area contributed by atoms with Crippen LogP contribution < -0.4 is 0 Å². The molecule has 1 N–H and O–H groups in total. The molecule has 2 aromatic heterocycles. The monoisotopic (exact) mass is 274 g/mol. The molecule has 0 aliphatic heterocycles. The number of hydrogen-bond acceptors (Lipinski definition) is 3. The molecule has 0 radical (unpaired) electrons. The molecule has 0 bridgehead atoms. The van der Waals surface area contributed by atoms with Gasteiger partial charge in [0.15, 0.2) is 5.22 Å². The SMILES string of the molecule is OC(c1cnn(-c2ccccc2)c1)c1ccc(Cl)o1. The first kappa shape index (κ1) is 12.0. The van der Waals surface area contributed by atoms with Gasteiger partial charge >= 0.3 is 0 Å². The van der Waals surface area contributed by atoms with Crippen molar-refractivity contribution in [2.45, 2.75) is 6.10 Å². The Morgan fingerprint density at radius 2 is 1.95 bits per heavy atom. The van der Waals surface area contributed by atoms with Crippen molar-refractivity contribution in [1.82, 2.24) is 9.78 Å². The summed E-state index contributed by atoms with van der Waals surface area (Å²) in [5.74, 6) is 0.401. The van der Waals surface area contributed by atoms with E-state index in [-0.39, 0.29) is 5.22 Å². The van der Waals surface area contributed by atoms with Crippen molar-refractivity contribution < 1.29 is 9.52 Å². The first-order valence-corrected chi connectivity index (χ1v) is 6.15. The zero-order valence-corrected chi connectivity index (χ0v) is 10.7. The second-order valence-electron chi connectivity index (χ2n) is 4.10. The van der Waals surface area contributed by atoms with Crippen molar-refractivity contribution in [1.29, 1.82) is 0 Å². The fourth-order valence-electron chi connectivity index (χ4n) is 1.84. The van der Waals surface area contributed by atoms with E-state index in [2.05, 4.69) is 5.10 Å². The number of furan rings is 1. The summed E-state index contributed by atoms with van der Waals surface area (Å²) in [6, 6.07) is 12.9. The molecule has 0 aliphatic rings. The number of aliphatic hydroxyl groups excluding tert-OH is 1. The van der Waals surface area contributed by atoms with Gasteiger partial charge in [-0.2, -0.15) is 5.10 Å². The number of para-hydroxylation sites is 1. The summed E-state index contributed by atoms with van der Waals surface area (Å²) in [5.41, 5.74) is 1.58. The lowest BCUT2D eigenvalue weighted by atomic mass is 10.1. The molecule has 19 heavy (non-hydrogen) atoms. The van der Waals surface area contributed by atoms with Crippen LogP contribution in [0.4, 0.5) is 0 Å². The zero-order valence-electron chi connectivity index (χ0n) is 9.90. The predicted molar refractivity (Wildman–Crippen MR) is 71.3 cm³/mol. The summed E-state index contributed by atoms with van der Waals surface area (Å²) in [7, 11) is 0. The van der Waals surface area contributed by atoms with E-state index in [0.717, 1.165) is 5.69 Å². The first-order chi connectivity index (χ1) is 9.24. The molecule has 5 heteroatoms. The van der Waals surface area contributed by atoms with Crippen LogP contribution in [-0.2, 0) is 0 Å². The van der Waals surface area contributed by atoms with Crippen molar-refractivity contribution in [3.05, 3.63) is 71.4 Å². The number of aliphatic hydroxyl groups is 1. The van der Waals surface area contributed by atoms with E-state index >= 15 is 0 Å². The second-order valence-corrected chi connectivity index (χ2v) is 4.47. The lowest BCUT2D eigenvalue weighted by Gasteiger charge is -2.04. The average molecular weight is 275 g/mol. The second kappa shape index (κ2) is 4.91. The Hall–Kier alpha value is -2.04. The summed E-state index contributed by atoms with van der Waals surface area (Å²) >= 11 is 5.69. The van der Waals surface area contributed by atoms with Crippen LogP contribution in [0.5, 0.6) is 0 Å². The van der Waals surface area contributed by atoms with Crippen molar-refractivity contribution in [2.75, 3.05) is 0 Å². The van der Waals surface area contributed by atoms with Gasteiger partial charge in [-0.05, 0) is 35.9 Å². The highest BCUT2D eigenvalue weighted by atomic mass is 35.5. The summed E-state index contributed by atoms with van der Waals surface area (Å²) < 4.78 is 6.89. The van der Waals surface area contributed by atoms with Crippen LogP contribution in [0.3, 0.4) is 0 Å². The quantitative estimate of drug-likeness (QED) is 0.798. The molecular weight excluding hydrogens is 264 g/mol. The summed E-state index contributed by atoms with van der Waals surface area (Å²) in [4.78, 5) is 0. The third kappa shape index (κ3) is 2.41. The fourth-order valence-corrected chi connectivity index (χ4v) is 1.99. The van der Waals surface area contributed by atoms with Crippen LogP contribution in [0.2, 0.25) is 5.22 Å². The van der Waals surface area contributed by atoms with Gasteiger partial charge in [-0.3, -0.25) is 0 Å². The molecule has 0 saturated heterocycles. The average Bonchev–Trinajstić information content (AvgIpc) is 3.08. The van der Waals surface area contributed by atoms with Crippen LogP contribution in [0.25, 0.3) is 5.69 Å². The number of hydrogen-bond donors (Lipinski definition) is 1. The molecule has 1 aromatic carbocycles. The Morgan fingerprint density at radius 3 is 2.63 bits per heavy atom. The highest BCUT2D eigenvalue weighted by molar-refractivity contribution is 6.28. The van der Waals surface area contributed by atoms with Crippen molar-refractivity contribution in [3.63, 3.8) is 0 Å². The molecule has 96 valence electrons. The molecule has 1 atom stereocenters. The maximum absolute atomic E-state index is 10.2. The molecule has 0 saturated carbocycles. The van der Waals surface area contributed by atoms with Crippen molar-refractivity contribution in [2.24, 2.45) is 0 Å². The Kier molecular flexibility index (Phi) is 3.11. The molecule has 0 fully saturated rings. The molecule has 0 amide bonds. The smallest absolute Gasteiger partial charge is 0.193 e. The Balaban J connectivity index is 1.89. The van der Waals surface area contributed by atoms with E-state index < -0.39 is 6.10 Å². The maximum atomic E-state index is 10.2. The molecular formula is C14H11ClN2O2. The minimum Gasteiger partial charge on any atom is -0.447 e. The van der Waals surface area contributed by atoms with Crippen LogP contribution in [0.1, 0.15) is 17.4 Å². The van der Waals surface area contributed by atoms with E-state index in [1.807, 2.05) is 30.3 Å². The van der Waals surface area contributed by atoms with E-state index in [1.54, 1.807) is 29.2 Å². The van der Waals surface area contributed by atoms with Gasteiger partial charge in [0.05, 0.1) is 11.9 Å². The van der Waals surface area contributed by atoms with Crippen LogP contribution in [0.15, 0.2) is 59.3 Å². The normalized spacial score (nSPS) is 12.5. The van der Waals surface area contributed by atoms with E-state index in [4.69, 9.17) is 16.0 Å². The van der Waals surface area contributed by atoms with Gasteiger partial charge in [-0.15, -0.1) is 0 Å². The molecule has 3 aromatic rings. The first-order valence-electron chi connectivity index (χ1n) is 5.77. The molecule has 4 nitrogen and oxygen atoms in total. The lowest BCUT2D eigenvalue weighted by molar-refractivity contribution is 0.189. The summed E-state index contributed by atoms with van der Waals surface area (Å²) in [6.07, 6.45) is 2.50. The van der Waals surface area contributed by atoms with Gasteiger partial charge in [-0.25, -0.2) is 4.68 Å². The van der Waals surface area contributed by atoms with Crippen molar-refractivity contribution in [3.8, 4) is 5.69 Å². The topological polar surface area (TPSA) is 51.2 Å². The Bertz CT molecular complexity index is 676. The molecule has 3 rings (SSSR count). The minimum atomic E-state index is -0.870. The number of aromatic nitrogens is 2. The summed E-state index contributed by atoms with van der Waals surface area (Å²) in [5, 5.41) is 14.6. The van der Waals surface area contributed by atoms with Gasteiger partial charge in [0.25, 0.3) is 0 Å². The maximum Gasteiger partial charge on any atom is 0.193 e. The number of benzene rings is 1. The minimum absolute atomic E-state index is 0.254. The highest BCUT2D eigenvalue weighted by Gasteiger charge is 2.16. The molecule has 2 heterocycles. The van der Waals surface area contributed by atoms with Crippen molar-refractivity contribution >= 4 is 11.6 Å². The van der Waals surface area contributed by atoms with Gasteiger partial charge in [0.2, 0.25) is 0 Å². The van der Waals surface area contributed by atoms with E-state index in [9.17, 15) is 5.11 Å². The third-order valence-electron chi connectivity index (χ3n) is 2.80. The van der Waals surface area contributed by atoms with Gasteiger partial charge in [0.1, 0.15) is 11.9 Å². The van der Waals surface area contributed by atoms with Crippen LogP contribution in [-0.4, -0.2) is 14.9 Å². The van der Waals surface area contributed by atoms with Gasteiger partial charge in [-0.1, -0.05) is 18.2 Å². The largest absolute Gasteiger partial charge is 0.447 e. The zero-order chi connectivity index (χ0) is 13.2. The van der Waals surface area contributed by atoms with Crippen LogP contribution in [0, 0.1) is 0 Å². The molecule has 0 spiro atoms.